The van der Waals surface area contributed by atoms with Crippen molar-refractivity contribution >= 4 is 34.3 Å². The maximum atomic E-state index is 13.5. The van der Waals surface area contributed by atoms with E-state index < -0.39 is 0 Å². The Morgan fingerprint density at radius 3 is 2.52 bits per heavy atom. The van der Waals surface area contributed by atoms with Crippen molar-refractivity contribution in [2.75, 3.05) is 31.1 Å². The molecule has 31 heavy (non-hydrogen) atoms. The Hall–Kier alpha value is -2.47. The molecule has 0 unspecified atom stereocenters. The molecule has 5 nitrogen and oxygen atoms in total. The molecule has 1 aromatic carbocycles. The summed E-state index contributed by atoms with van der Waals surface area (Å²) in [7, 11) is 0. The van der Waals surface area contributed by atoms with E-state index in [1.54, 1.807) is 0 Å². The Morgan fingerprint density at radius 2 is 1.74 bits per heavy atom. The highest BCUT2D eigenvalue weighted by Crippen LogP contribution is 2.35. The second-order valence-electron chi connectivity index (χ2n) is 8.46. The number of rotatable bonds is 5. The first kappa shape index (κ1) is 20.4. The first-order valence-corrected chi connectivity index (χ1v) is 12.4. The minimum atomic E-state index is 0.0322. The summed E-state index contributed by atoms with van der Waals surface area (Å²) < 4.78 is 6.14. The molecule has 0 bridgehead atoms. The number of para-hydroxylation sites is 1. The highest BCUT2D eigenvalue weighted by Gasteiger charge is 2.28. The lowest BCUT2D eigenvalue weighted by molar-refractivity contribution is 0.0716. The zero-order valence-corrected chi connectivity index (χ0v) is 18.7. The van der Waals surface area contributed by atoms with E-state index in [2.05, 4.69) is 16.0 Å². The maximum Gasteiger partial charge on any atom is 0.290 e. The molecule has 0 spiro atoms. The van der Waals surface area contributed by atoms with Gasteiger partial charge in [0.25, 0.3) is 5.91 Å². The lowest BCUT2D eigenvalue weighted by atomic mass is 10.0. The van der Waals surface area contributed by atoms with Crippen molar-refractivity contribution in [3.63, 3.8) is 0 Å². The number of nitrogens with zero attached hydrogens (tertiary/aromatic N) is 3. The largest absolute Gasteiger partial charge is 0.451 e. The molecule has 2 fully saturated rings. The number of hydrogen-bond acceptors (Lipinski definition) is 5. The number of thioether (sulfide) groups is 1. The first-order valence-electron chi connectivity index (χ1n) is 11.4. The van der Waals surface area contributed by atoms with Crippen LogP contribution in [0, 0.1) is 0 Å². The van der Waals surface area contributed by atoms with Gasteiger partial charge in [-0.3, -0.25) is 9.78 Å². The van der Waals surface area contributed by atoms with E-state index in [0.29, 0.717) is 24.1 Å². The van der Waals surface area contributed by atoms with E-state index in [0.717, 1.165) is 41.1 Å². The van der Waals surface area contributed by atoms with Crippen LogP contribution in [0.25, 0.3) is 11.0 Å². The van der Waals surface area contributed by atoms with Gasteiger partial charge in [-0.1, -0.05) is 37.5 Å². The number of amides is 1. The van der Waals surface area contributed by atoms with Crippen LogP contribution in [0.3, 0.4) is 0 Å². The quantitative estimate of drug-likeness (QED) is 0.540. The molecule has 3 heterocycles. The molecule has 6 heteroatoms. The van der Waals surface area contributed by atoms with Gasteiger partial charge in [-0.25, -0.2) is 0 Å². The van der Waals surface area contributed by atoms with Crippen LogP contribution in [0.4, 0.5) is 5.69 Å². The maximum absolute atomic E-state index is 13.5. The fourth-order valence-corrected chi connectivity index (χ4v) is 6.07. The number of aromatic nitrogens is 1. The number of hydrogen-bond donors (Lipinski definition) is 0. The minimum absolute atomic E-state index is 0.0322. The summed E-state index contributed by atoms with van der Waals surface area (Å²) >= 11 is 2.00. The van der Waals surface area contributed by atoms with Gasteiger partial charge in [-0.05, 0) is 31.0 Å². The lowest BCUT2D eigenvalue weighted by Crippen LogP contribution is -2.48. The molecule has 0 N–H and O–H groups in total. The summed E-state index contributed by atoms with van der Waals surface area (Å²) in [6.07, 6.45) is 10.2. The number of fused-ring (bicyclic) bond motifs is 1. The summed E-state index contributed by atoms with van der Waals surface area (Å²) in [5, 5.41) is 1.79. The second-order valence-corrected chi connectivity index (χ2v) is 9.75. The third kappa shape index (κ3) is 4.45. The van der Waals surface area contributed by atoms with E-state index in [1.807, 2.05) is 59.4 Å². The highest BCUT2D eigenvalue weighted by atomic mass is 32.2. The molecular formula is C25H29N3O2S. The molecule has 1 aliphatic carbocycles. The van der Waals surface area contributed by atoms with E-state index in [9.17, 15) is 4.79 Å². The third-order valence-electron chi connectivity index (χ3n) is 6.50. The number of pyridine rings is 1. The van der Waals surface area contributed by atoms with E-state index in [4.69, 9.17) is 4.42 Å². The van der Waals surface area contributed by atoms with Gasteiger partial charge in [-0.15, -0.1) is 0 Å². The smallest absolute Gasteiger partial charge is 0.290 e. The van der Waals surface area contributed by atoms with Gasteiger partial charge >= 0.3 is 0 Å². The molecular weight excluding hydrogens is 406 g/mol. The molecule has 1 saturated heterocycles. The van der Waals surface area contributed by atoms with Crippen molar-refractivity contribution in [2.24, 2.45) is 0 Å². The first-order chi connectivity index (χ1) is 15.3. The number of piperazine rings is 1. The second kappa shape index (κ2) is 9.35. The minimum Gasteiger partial charge on any atom is -0.451 e. The fraction of sp³-hybridized carbons (Fsp3) is 0.440. The molecule has 1 saturated carbocycles. The molecule has 1 aliphatic heterocycles. The van der Waals surface area contributed by atoms with Crippen molar-refractivity contribution in [1.29, 1.82) is 0 Å². The molecule has 3 aromatic rings. The van der Waals surface area contributed by atoms with E-state index >= 15 is 0 Å². The third-order valence-corrected chi connectivity index (χ3v) is 7.90. The highest BCUT2D eigenvalue weighted by molar-refractivity contribution is 7.99. The van der Waals surface area contributed by atoms with Gasteiger partial charge in [0.15, 0.2) is 5.76 Å². The number of furan rings is 1. The van der Waals surface area contributed by atoms with Crippen molar-refractivity contribution in [2.45, 2.75) is 43.1 Å². The number of carbonyl (C=O) groups excluding carboxylic acids is 1. The molecule has 0 radical (unpaired) electrons. The van der Waals surface area contributed by atoms with Gasteiger partial charge < -0.3 is 14.2 Å². The average Bonchev–Trinajstić information content (AvgIpc) is 3.22. The van der Waals surface area contributed by atoms with Gasteiger partial charge in [0.2, 0.25) is 0 Å². The fourth-order valence-electron chi connectivity index (χ4n) is 4.71. The van der Waals surface area contributed by atoms with Crippen LogP contribution in [0.15, 0.2) is 53.2 Å². The Labute approximate surface area is 187 Å². The number of anilines is 1. The number of benzene rings is 1. The van der Waals surface area contributed by atoms with E-state index in [1.165, 1.54) is 32.1 Å². The Bertz CT molecular complexity index is 1020. The lowest BCUT2D eigenvalue weighted by Gasteiger charge is -2.35. The molecule has 5 rings (SSSR count). The summed E-state index contributed by atoms with van der Waals surface area (Å²) in [5.41, 5.74) is 3.06. The molecule has 2 aliphatic rings. The zero-order chi connectivity index (χ0) is 21.0. The van der Waals surface area contributed by atoms with Crippen LogP contribution in [0.5, 0.6) is 0 Å². The molecule has 1 amide bonds. The summed E-state index contributed by atoms with van der Waals surface area (Å²) in [4.78, 5) is 21.8. The van der Waals surface area contributed by atoms with Gasteiger partial charge in [-0.2, -0.15) is 11.8 Å². The molecule has 2 aromatic heterocycles. The van der Waals surface area contributed by atoms with Crippen molar-refractivity contribution in [1.82, 2.24) is 9.88 Å². The average molecular weight is 436 g/mol. The van der Waals surface area contributed by atoms with Crippen LogP contribution in [-0.4, -0.2) is 47.2 Å². The van der Waals surface area contributed by atoms with Gasteiger partial charge in [0.1, 0.15) is 5.58 Å². The Balaban J connectivity index is 1.32. The summed E-state index contributed by atoms with van der Waals surface area (Å²) in [5.74, 6) is 1.42. The predicted molar refractivity (Wildman–Crippen MR) is 127 cm³/mol. The standard InChI is InChI=1S/C25H29N3O2S/c29-25(28-16-14-27(15-17-28)19-10-12-26-13-11-19)24-22(18-31-20-6-2-1-3-7-20)21-8-4-5-9-23(21)30-24/h4-5,8-13,20H,1-3,6-7,14-18H2. The Kier molecular flexibility index (Phi) is 6.16. The summed E-state index contributed by atoms with van der Waals surface area (Å²) in [6, 6.07) is 12.1. The molecule has 162 valence electrons. The van der Waals surface area contributed by atoms with Crippen molar-refractivity contribution in [3.05, 3.63) is 60.1 Å². The zero-order valence-electron chi connectivity index (χ0n) is 17.8. The number of carbonyl (C=O) groups is 1. The van der Waals surface area contributed by atoms with Gasteiger partial charge in [0, 0.05) is 66.2 Å². The SMILES string of the molecule is O=C(c1oc2ccccc2c1CSC1CCCCC1)N1CCN(c2ccncc2)CC1. The van der Waals surface area contributed by atoms with Crippen molar-refractivity contribution < 1.29 is 9.21 Å². The van der Waals surface area contributed by atoms with Crippen LogP contribution in [-0.2, 0) is 5.75 Å². The van der Waals surface area contributed by atoms with Gasteiger partial charge in [0.05, 0.1) is 0 Å². The van der Waals surface area contributed by atoms with Crippen LogP contribution in [0.2, 0.25) is 0 Å². The topological polar surface area (TPSA) is 49.6 Å². The molecule has 0 atom stereocenters. The van der Waals surface area contributed by atoms with Crippen LogP contribution < -0.4 is 4.90 Å². The Morgan fingerprint density at radius 1 is 1.00 bits per heavy atom. The van der Waals surface area contributed by atoms with Crippen molar-refractivity contribution in [3.8, 4) is 0 Å². The van der Waals surface area contributed by atoms with E-state index in [-0.39, 0.29) is 5.91 Å². The predicted octanol–water partition coefficient (Wildman–Crippen LogP) is 5.36. The summed E-state index contributed by atoms with van der Waals surface area (Å²) in [6.45, 7) is 3.05. The normalized spacial score (nSPS) is 17.9. The van der Waals surface area contributed by atoms with Crippen LogP contribution in [0.1, 0.15) is 48.2 Å². The monoisotopic (exact) mass is 435 g/mol. The van der Waals surface area contributed by atoms with Crippen LogP contribution >= 0.6 is 11.8 Å².